The highest BCUT2D eigenvalue weighted by molar-refractivity contribution is 6.33. The molecule has 0 atom stereocenters. The van der Waals surface area contributed by atoms with Gasteiger partial charge in [-0.25, -0.2) is 4.99 Å². The van der Waals surface area contributed by atoms with Crippen molar-refractivity contribution in [3.05, 3.63) is 52.5 Å². The van der Waals surface area contributed by atoms with E-state index in [0.29, 0.717) is 17.3 Å². The van der Waals surface area contributed by atoms with E-state index in [4.69, 9.17) is 11.6 Å². The average Bonchev–Trinajstić information content (AvgIpc) is 2.62. The van der Waals surface area contributed by atoms with Gasteiger partial charge in [-0.05, 0) is 49.2 Å². The van der Waals surface area contributed by atoms with Crippen molar-refractivity contribution in [3.8, 4) is 5.75 Å². The minimum atomic E-state index is -4.69. The SMILES string of the molecule is CCN(C)C=Nc1cc(C)c(N(C)Cc2ccc(OC(F)(F)F)cc2)cc1Cl. The lowest BCUT2D eigenvalue weighted by atomic mass is 10.1. The van der Waals surface area contributed by atoms with Gasteiger partial charge in [-0.2, -0.15) is 0 Å². The molecule has 2 aromatic carbocycles. The summed E-state index contributed by atoms with van der Waals surface area (Å²) < 4.78 is 40.7. The fourth-order valence-electron chi connectivity index (χ4n) is 2.56. The molecule has 4 nitrogen and oxygen atoms in total. The molecule has 0 heterocycles. The quantitative estimate of drug-likeness (QED) is 0.424. The molecule has 0 radical (unpaired) electrons. The fraction of sp³-hybridized carbons (Fsp3) is 0.350. The van der Waals surface area contributed by atoms with Crippen molar-refractivity contribution >= 4 is 29.3 Å². The van der Waals surface area contributed by atoms with E-state index in [0.717, 1.165) is 23.4 Å². The van der Waals surface area contributed by atoms with Crippen LogP contribution in [0.25, 0.3) is 0 Å². The van der Waals surface area contributed by atoms with Crippen molar-refractivity contribution < 1.29 is 17.9 Å². The molecule has 0 saturated heterocycles. The van der Waals surface area contributed by atoms with Gasteiger partial charge in [0.25, 0.3) is 0 Å². The molecule has 8 heteroatoms. The van der Waals surface area contributed by atoms with E-state index in [9.17, 15) is 13.2 Å². The topological polar surface area (TPSA) is 28.1 Å². The molecule has 0 N–H and O–H groups in total. The third-order valence-electron chi connectivity index (χ3n) is 4.15. The standard InChI is InChI=1S/C20H23ClF3N3O/c1-5-26(3)13-25-18-10-14(2)19(11-17(18)21)27(4)12-15-6-8-16(9-7-15)28-20(22,23)24/h6-11,13H,5,12H2,1-4H3. The maximum atomic E-state index is 12.3. The summed E-state index contributed by atoms with van der Waals surface area (Å²) in [6.07, 6.45) is -2.96. The summed E-state index contributed by atoms with van der Waals surface area (Å²) in [5.41, 5.74) is 3.45. The van der Waals surface area contributed by atoms with Crippen LogP contribution >= 0.6 is 11.6 Å². The third-order valence-corrected chi connectivity index (χ3v) is 4.45. The van der Waals surface area contributed by atoms with E-state index in [1.165, 1.54) is 12.1 Å². The van der Waals surface area contributed by atoms with Crippen LogP contribution in [0.2, 0.25) is 5.02 Å². The Balaban J connectivity index is 2.12. The van der Waals surface area contributed by atoms with Crippen molar-refractivity contribution in [2.75, 3.05) is 25.5 Å². The van der Waals surface area contributed by atoms with E-state index in [2.05, 4.69) is 9.73 Å². The normalized spacial score (nSPS) is 11.7. The summed E-state index contributed by atoms with van der Waals surface area (Å²) >= 11 is 6.38. The van der Waals surface area contributed by atoms with Crippen LogP contribution in [-0.4, -0.2) is 38.2 Å². The van der Waals surface area contributed by atoms with Crippen LogP contribution in [0.1, 0.15) is 18.1 Å². The molecular weight excluding hydrogens is 391 g/mol. The molecule has 2 aromatic rings. The van der Waals surface area contributed by atoms with Gasteiger partial charge in [-0.3, -0.25) is 0 Å². The molecule has 2 rings (SSSR count). The lowest BCUT2D eigenvalue weighted by Crippen LogP contribution is -2.18. The first-order valence-corrected chi connectivity index (χ1v) is 9.07. The Bertz CT molecular complexity index is 823. The first-order chi connectivity index (χ1) is 13.1. The van der Waals surface area contributed by atoms with Crippen LogP contribution in [0.15, 0.2) is 41.4 Å². The van der Waals surface area contributed by atoms with Crippen LogP contribution in [-0.2, 0) is 6.54 Å². The summed E-state index contributed by atoms with van der Waals surface area (Å²) in [5, 5.41) is 0.530. The van der Waals surface area contributed by atoms with E-state index < -0.39 is 6.36 Å². The lowest BCUT2D eigenvalue weighted by molar-refractivity contribution is -0.274. The molecule has 0 unspecified atom stereocenters. The second-order valence-corrected chi connectivity index (χ2v) is 6.86. The van der Waals surface area contributed by atoms with Crippen LogP contribution in [0, 0.1) is 6.92 Å². The number of benzene rings is 2. The third kappa shape index (κ3) is 6.34. The zero-order chi connectivity index (χ0) is 20.9. The minimum Gasteiger partial charge on any atom is -0.406 e. The molecule has 28 heavy (non-hydrogen) atoms. The lowest BCUT2D eigenvalue weighted by Gasteiger charge is -2.22. The second-order valence-electron chi connectivity index (χ2n) is 6.46. The van der Waals surface area contributed by atoms with Crippen LogP contribution in [0.4, 0.5) is 24.5 Å². The first-order valence-electron chi connectivity index (χ1n) is 8.69. The van der Waals surface area contributed by atoms with E-state index >= 15 is 0 Å². The first kappa shape index (κ1) is 21.9. The monoisotopic (exact) mass is 413 g/mol. The van der Waals surface area contributed by atoms with Crippen molar-refractivity contribution in [3.63, 3.8) is 0 Å². The molecule has 0 spiro atoms. The van der Waals surface area contributed by atoms with Gasteiger partial charge in [0.1, 0.15) is 5.75 Å². The predicted molar refractivity (Wildman–Crippen MR) is 108 cm³/mol. The Morgan fingerprint density at radius 1 is 1.14 bits per heavy atom. The fourth-order valence-corrected chi connectivity index (χ4v) is 2.77. The Hall–Kier alpha value is -2.41. The highest BCUT2D eigenvalue weighted by Crippen LogP contribution is 2.33. The van der Waals surface area contributed by atoms with Gasteiger partial charge >= 0.3 is 6.36 Å². The van der Waals surface area contributed by atoms with Gasteiger partial charge in [-0.15, -0.1) is 13.2 Å². The number of aliphatic imine (C=N–C) groups is 1. The van der Waals surface area contributed by atoms with E-state index in [1.54, 1.807) is 18.5 Å². The van der Waals surface area contributed by atoms with Gasteiger partial charge in [0.2, 0.25) is 0 Å². The molecule has 152 valence electrons. The number of alkyl halides is 3. The van der Waals surface area contributed by atoms with Gasteiger partial charge in [0, 0.05) is 32.9 Å². The van der Waals surface area contributed by atoms with Crippen molar-refractivity contribution in [1.82, 2.24) is 4.90 Å². The Labute approximate surface area is 168 Å². The molecule has 0 bridgehead atoms. The highest BCUT2D eigenvalue weighted by atomic mass is 35.5. The molecule has 0 aliphatic carbocycles. The number of hydrogen-bond donors (Lipinski definition) is 0. The summed E-state index contributed by atoms with van der Waals surface area (Å²) in [6, 6.07) is 9.57. The molecular formula is C20H23ClF3N3O. The molecule has 0 amide bonds. The largest absolute Gasteiger partial charge is 0.573 e. The second kappa shape index (κ2) is 9.19. The minimum absolute atomic E-state index is 0.239. The van der Waals surface area contributed by atoms with Gasteiger partial charge in [0.05, 0.1) is 17.0 Å². The Kier molecular flexibility index (Phi) is 7.18. The maximum Gasteiger partial charge on any atom is 0.573 e. The van der Waals surface area contributed by atoms with E-state index in [-0.39, 0.29) is 5.75 Å². The number of halogens is 4. The van der Waals surface area contributed by atoms with Crippen LogP contribution < -0.4 is 9.64 Å². The van der Waals surface area contributed by atoms with Gasteiger partial charge < -0.3 is 14.5 Å². The zero-order valence-corrected chi connectivity index (χ0v) is 17.0. The maximum absolute atomic E-state index is 12.3. The summed E-state index contributed by atoms with van der Waals surface area (Å²) in [4.78, 5) is 8.33. The van der Waals surface area contributed by atoms with Crippen molar-refractivity contribution in [2.24, 2.45) is 4.99 Å². The highest BCUT2D eigenvalue weighted by Gasteiger charge is 2.30. The summed E-state index contributed by atoms with van der Waals surface area (Å²) in [7, 11) is 3.82. The number of rotatable bonds is 7. The van der Waals surface area contributed by atoms with Gasteiger partial charge in [-0.1, -0.05) is 23.7 Å². The van der Waals surface area contributed by atoms with Crippen LogP contribution in [0.3, 0.4) is 0 Å². The predicted octanol–water partition coefficient (Wildman–Crippen LogP) is 5.79. The number of nitrogens with zero attached hydrogens (tertiary/aromatic N) is 3. The summed E-state index contributed by atoms with van der Waals surface area (Å²) in [5.74, 6) is -0.239. The van der Waals surface area contributed by atoms with Crippen molar-refractivity contribution in [2.45, 2.75) is 26.8 Å². The summed E-state index contributed by atoms with van der Waals surface area (Å²) in [6.45, 7) is 5.34. The Morgan fingerprint density at radius 3 is 2.36 bits per heavy atom. The molecule has 0 fully saturated rings. The van der Waals surface area contributed by atoms with Crippen molar-refractivity contribution in [1.29, 1.82) is 0 Å². The number of ether oxygens (including phenoxy) is 1. The molecule has 0 saturated carbocycles. The molecule has 0 aliphatic rings. The number of anilines is 1. The number of hydrogen-bond acceptors (Lipinski definition) is 3. The average molecular weight is 414 g/mol. The van der Waals surface area contributed by atoms with Crippen LogP contribution in [0.5, 0.6) is 5.75 Å². The zero-order valence-electron chi connectivity index (χ0n) is 16.2. The smallest absolute Gasteiger partial charge is 0.406 e. The van der Waals surface area contributed by atoms with Gasteiger partial charge in [0.15, 0.2) is 0 Å². The molecule has 0 aromatic heterocycles. The van der Waals surface area contributed by atoms with E-state index in [1.807, 2.05) is 49.9 Å². The molecule has 0 aliphatic heterocycles. The Morgan fingerprint density at radius 2 is 1.79 bits per heavy atom. The number of aryl methyl sites for hydroxylation is 1.